The number of methoxy groups -OCH3 is 1. The molecule has 5 N–H and O–H groups in total. The van der Waals surface area contributed by atoms with Gasteiger partial charge in [0.15, 0.2) is 5.60 Å². The lowest BCUT2D eigenvalue weighted by atomic mass is 9.82. The van der Waals surface area contributed by atoms with Gasteiger partial charge in [0.05, 0.1) is 45.6 Å². The summed E-state index contributed by atoms with van der Waals surface area (Å²) in [5.74, 6) is 0.214. The average Bonchev–Trinajstić information content (AvgIpc) is 3.95. The van der Waals surface area contributed by atoms with Crippen molar-refractivity contribution < 1.29 is 29.0 Å². The quantitative estimate of drug-likeness (QED) is 0.185. The Bertz CT molecular complexity index is 1810. The second-order valence-electron chi connectivity index (χ2n) is 15.3. The summed E-state index contributed by atoms with van der Waals surface area (Å²) in [5, 5.41) is 24.2. The van der Waals surface area contributed by atoms with Gasteiger partial charge in [-0.15, -0.1) is 0 Å². The standard InChI is InChI=1S/C40H51N5O6Si/c1-25-36(52(3,4)30-15-13-29(50-2)14-16-30)35(18-21-46)51-40(25)31-23-28(44-38(48)33-11-7-20-42-33)12-17-34(31)45(39(40)49)24-26-8-5-9-27(22-26)43-37(47)32-10-6-19-41-32/h5,8-9,12-17,22-23,25,32-33,35-36,41-42,46H,6-7,10-11,18-21,24H2,1-4H3,(H,43,47)(H,44,48)/t25-,32-,33-,35+,36-,40+/m1/s1. The monoisotopic (exact) mass is 725 g/mol. The number of nitrogens with zero attached hydrogens (tertiary/aromatic N) is 1. The Morgan fingerprint density at radius 3 is 2.21 bits per heavy atom. The first-order valence-electron chi connectivity index (χ1n) is 18.6. The van der Waals surface area contributed by atoms with Gasteiger partial charge in [-0.1, -0.05) is 49.5 Å². The number of rotatable bonds is 11. The maximum atomic E-state index is 15.2. The second kappa shape index (κ2) is 14.7. The zero-order valence-corrected chi connectivity index (χ0v) is 31.5. The van der Waals surface area contributed by atoms with Gasteiger partial charge in [-0.25, -0.2) is 0 Å². The number of nitrogens with one attached hydrogen (secondary N) is 4. The molecule has 3 amide bonds. The number of hydrogen-bond acceptors (Lipinski definition) is 8. The van der Waals surface area contributed by atoms with Crippen LogP contribution in [0.5, 0.6) is 5.75 Å². The van der Waals surface area contributed by atoms with Gasteiger partial charge in [0, 0.05) is 29.5 Å². The van der Waals surface area contributed by atoms with E-state index in [2.05, 4.69) is 53.4 Å². The molecule has 7 rings (SSSR count). The van der Waals surface area contributed by atoms with Crippen LogP contribution in [0, 0.1) is 5.92 Å². The van der Waals surface area contributed by atoms with E-state index in [-0.39, 0.29) is 60.5 Å². The van der Waals surface area contributed by atoms with Crippen LogP contribution in [0.4, 0.5) is 17.1 Å². The molecule has 52 heavy (non-hydrogen) atoms. The number of carbonyl (C=O) groups excluding carboxylic acids is 3. The molecule has 276 valence electrons. The van der Waals surface area contributed by atoms with Crippen LogP contribution in [0.15, 0.2) is 66.7 Å². The number of anilines is 3. The smallest absolute Gasteiger partial charge is 0.264 e. The highest BCUT2D eigenvalue weighted by atomic mass is 28.3. The molecule has 0 unspecified atom stereocenters. The van der Waals surface area contributed by atoms with Crippen LogP contribution in [0.1, 0.15) is 50.2 Å². The van der Waals surface area contributed by atoms with E-state index in [9.17, 15) is 14.7 Å². The lowest BCUT2D eigenvalue weighted by Crippen LogP contribution is -2.51. The Morgan fingerprint density at radius 1 is 0.962 bits per heavy atom. The lowest BCUT2D eigenvalue weighted by molar-refractivity contribution is -0.146. The predicted octanol–water partition coefficient (Wildman–Crippen LogP) is 4.22. The summed E-state index contributed by atoms with van der Waals surface area (Å²) in [6.07, 6.45) is 3.53. The second-order valence-corrected chi connectivity index (χ2v) is 20.0. The van der Waals surface area contributed by atoms with Gasteiger partial charge >= 0.3 is 0 Å². The van der Waals surface area contributed by atoms with Crippen molar-refractivity contribution in [3.05, 3.63) is 77.9 Å². The van der Waals surface area contributed by atoms with Crippen LogP contribution in [0.3, 0.4) is 0 Å². The minimum Gasteiger partial charge on any atom is -0.497 e. The van der Waals surface area contributed by atoms with E-state index in [4.69, 9.17) is 9.47 Å². The Morgan fingerprint density at radius 2 is 1.62 bits per heavy atom. The van der Waals surface area contributed by atoms with Crippen molar-refractivity contribution in [2.75, 3.05) is 42.3 Å². The molecule has 12 heteroatoms. The van der Waals surface area contributed by atoms with Crippen LogP contribution in [-0.4, -0.2) is 75.9 Å². The van der Waals surface area contributed by atoms with Crippen molar-refractivity contribution in [2.24, 2.45) is 5.92 Å². The fourth-order valence-electron chi connectivity index (χ4n) is 9.15. The van der Waals surface area contributed by atoms with E-state index in [1.165, 1.54) is 5.19 Å². The third-order valence-electron chi connectivity index (χ3n) is 11.8. The summed E-state index contributed by atoms with van der Waals surface area (Å²) in [6, 6.07) is 21.1. The fourth-order valence-corrected chi connectivity index (χ4v) is 13.2. The first-order chi connectivity index (χ1) is 25.1. The number of ether oxygens (including phenoxy) is 2. The van der Waals surface area contributed by atoms with Crippen molar-refractivity contribution in [1.82, 2.24) is 10.6 Å². The third kappa shape index (κ3) is 6.55. The molecule has 3 aromatic carbocycles. The Labute approximate surface area is 306 Å². The number of aliphatic hydroxyl groups excluding tert-OH is 1. The van der Waals surface area contributed by atoms with E-state index < -0.39 is 13.7 Å². The molecule has 0 saturated carbocycles. The number of fused-ring (bicyclic) bond motifs is 2. The molecule has 3 aromatic rings. The Balaban J connectivity index is 1.26. The van der Waals surface area contributed by atoms with E-state index in [1.54, 1.807) is 12.0 Å². The molecule has 0 aromatic heterocycles. The van der Waals surface area contributed by atoms with Crippen LogP contribution < -0.4 is 36.1 Å². The van der Waals surface area contributed by atoms with Crippen molar-refractivity contribution >= 4 is 48.0 Å². The summed E-state index contributed by atoms with van der Waals surface area (Å²) < 4.78 is 12.5. The molecule has 11 nitrogen and oxygen atoms in total. The molecule has 3 fully saturated rings. The van der Waals surface area contributed by atoms with Gasteiger partial charge in [0.1, 0.15) is 5.75 Å². The fraction of sp³-hybridized carbons (Fsp3) is 0.475. The Kier molecular flexibility index (Phi) is 10.3. The zero-order chi connectivity index (χ0) is 36.6. The largest absolute Gasteiger partial charge is 0.497 e. The van der Waals surface area contributed by atoms with Crippen LogP contribution >= 0.6 is 0 Å². The van der Waals surface area contributed by atoms with E-state index in [0.717, 1.165) is 61.3 Å². The molecule has 0 bridgehead atoms. The minimum atomic E-state index is -2.36. The zero-order valence-electron chi connectivity index (χ0n) is 30.5. The van der Waals surface area contributed by atoms with Gasteiger partial charge in [0.2, 0.25) is 11.8 Å². The summed E-state index contributed by atoms with van der Waals surface area (Å²) in [4.78, 5) is 43.1. The third-order valence-corrected chi connectivity index (χ3v) is 16.2. The average molecular weight is 726 g/mol. The van der Waals surface area contributed by atoms with Crippen molar-refractivity contribution in [1.29, 1.82) is 0 Å². The maximum Gasteiger partial charge on any atom is 0.264 e. The topological polar surface area (TPSA) is 141 Å². The molecule has 4 aliphatic heterocycles. The van der Waals surface area contributed by atoms with Gasteiger partial charge in [-0.2, -0.15) is 0 Å². The van der Waals surface area contributed by atoms with Gasteiger partial charge < -0.3 is 40.7 Å². The number of aliphatic hydroxyl groups is 1. The summed E-state index contributed by atoms with van der Waals surface area (Å²) in [7, 11) is -0.710. The number of amides is 3. The molecule has 6 atom stereocenters. The normalized spacial score (nSPS) is 26.9. The van der Waals surface area contributed by atoms with Gasteiger partial charge in [-0.3, -0.25) is 14.4 Å². The van der Waals surface area contributed by atoms with E-state index in [0.29, 0.717) is 17.8 Å². The maximum absolute atomic E-state index is 15.2. The first kappa shape index (κ1) is 36.3. The number of hydrogen-bond donors (Lipinski definition) is 5. The molecule has 3 saturated heterocycles. The lowest BCUT2D eigenvalue weighted by Gasteiger charge is -2.37. The molecular weight excluding hydrogens is 675 g/mol. The van der Waals surface area contributed by atoms with E-state index in [1.807, 2.05) is 54.6 Å². The number of benzene rings is 3. The molecule has 0 radical (unpaired) electrons. The van der Waals surface area contributed by atoms with Crippen molar-refractivity contribution in [3.63, 3.8) is 0 Å². The molecule has 4 aliphatic rings. The van der Waals surface area contributed by atoms with Crippen LogP contribution in [0.25, 0.3) is 0 Å². The molecular formula is C40H51N5O6Si. The summed E-state index contributed by atoms with van der Waals surface area (Å²) in [6.45, 7) is 8.58. The van der Waals surface area contributed by atoms with E-state index >= 15 is 4.79 Å². The van der Waals surface area contributed by atoms with Crippen molar-refractivity contribution in [2.45, 2.75) is 88.0 Å². The summed E-state index contributed by atoms with van der Waals surface area (Å²) in [5.41, 5.74) is 2.25. The highest BCUT2D eigenvalue weighted by Gasteiger charge is 2.66. The SMILES string of the molecule is COc1ccc([Si](C)(C)[C@H]2[C@H](CCO)O[C@@]3(C(=O)N(Cc4cccc(NC(=O)[C@H]5CCCN5)c4)c4ccc(NC(=O)[C@H]5CCCN5)cc43)[C@@H]2C)cc1. The predicted molar refractivity (Wildman–Crippen MR) is 205 cm³/mol. The van der Waals surface area contributed by atoms with Crippen LogP contribution in [-0.2, 0) is 31.3 Å². The molecule has 4 heterocycles. The van der Waals surface area contributed by atoms with Gasteiger partial charge in [-0.05, 0) is 98.8 Å². The first-order valence-corrected chi connectivity index (χ1v) is 21.7. The number of carbonyl (C=O) groups is 3. The minimum absolute atomic E-state index is 0.0199. The van der Waals surface area contributed by atoms with Crippen molar-refractivity contribution in [3.8, 4) is 5.75 Å². The molecule has 0 aliphatic carbocycles. The molecule has 1 spiro atoms. The van der Waals surface area contributed by atoms with Crippen LogP contribution in [0.2, 0.25) is 18.6 Å². The highest BCUT2D eigenvalue weighted by molar-refractivity contribution is 6.91. The Hall–Kier alpha value is -4.07. The highest BCUT2D eigenvalue weighted by Crippen LogP contribution is 2.60. The van der Waals surface area contributed by atoms with Gasteiger partial charge in [0.25, 0.3) is 5.91 Å². The summed E-state index contributed by atoms with van der Waals surface area (Å²) >= 11 is 0.